The number of benzene rings is 1. The smallest absolute Gasteiger partial charge is 0.309 e. The molecule has 0 N–H and O–H groups in total. The summed E-state index contributed by atoms with van der Waals surface area (Å²) < 4.78 is 36.3. The molecule has 3 unspecified atom stereocenters. The fourth-order valence-electron chi connectivity index (χ4n) is 3.76. The van der Waals surface area contributed by atoms with E-state index in [9.17, 15) is 18.9 Å². The fraction of sp³-hybridized carbons (Fsp3) is 0.690. The summed E-state index contributed by atoms with van der Waals surface area (Å²) in [6, 6.07) is 9.30. The Hall–Kier alpha value is -2.18. The summed E-state index contributed by atoms with van der Waals surface area (Å²) >= 11 is 0. The Morgan fingerprint density at radius 2 is 1.47 bits per heavy atom. The number of carbonyl (C=O) groups excluding carboxylic acids is 3. The van der Waals surface area contributed by atoms with Crippen LogP contribution >= 0.6 is 7.37 Å². The Morgan fingerprint density at radius 1 is 0.868 bits per heavy atom. The second-order valence-electron chi connectivity index (χ2n) is 10.7. The maximum Gasteiger partial charge on any atom is 0.309 e. The molecule has 0 aromatic heterocycles. The number of ether oxygens (including phenoxy) is 3. The summed E-state index contributed by atoms with van der Waals surface area (Å²) in [5.74, 6) is -2.96. The van der Waals surface area contributed by atoms with Gasteiger partial charge in [-0.1, -0.05) is 63.9 Å². The number of carbonyl (C=O) groups is 3. The number of hydrogen-bond donors (Lipinski definition) is 0. The molecule has 1 aromatic carbocycles. The van der Waals surface area contributed by atoms with Gasteiger partial charge in [0.1, 0.15) is 6.61 Å². The molecule has 0 amide bonds. The van der Waals surface area contributed by atoms with Crippen LogP contribution in [-0.4, -0.2) is 49.0 Å². The van der Waals surface area contributed by atoms with Crippen LogP contribution in [0.3, 0.4) is 0 Å². The third-order valence-corrected chi connectivity index (χ3v) is 8.63. The van der Waals surface area contributed by atoms with E-state index in [1.165, 1.54) is 0 Å². The third kappa shape index (κ3) is 14.7. The Kier molecular flexibility index (Phi) is 15.5. The van der Waals surface area contributed by atoms with Crippen LogP contribution in [0.1, 0.15) is 85.6 Å². The van der Waals surface area contributed by atoms with Crippen molar-refractivity contribution >= 4 is 25.3 Å². The van der Waals surface area contributed by atoms with Crippen LogP contribution in [-0.2, 0) is 44.3 Å². The van der Waals surface area contributed by atoms with Crippen LogP contribution in [0.15, 0.2) is 30.3 Å². The molecular formula is C29H47O8P. The van der Waals surface area contributed by atoms with Crippen molar-refractivity contribution < 1.29 is 37.7 Å². The van der Waals surface area contributed by atoms with E-state index in [1.807, 2.05) is 44.2 Å². The molecule has 0 heterocycles. The second-order valence-corrected chi connectivity index (χ2v) is 13.3. The van der Waals surface area contributed by atoms with Crippen molar-refractivity contribution in [2.75, 3.05) is 25.5 Å². The highest BCUT2D eigenvalue weighted by Gasteiger charge is 2.38. The van der Waals surface area contributed by atoms with Crippen molar-refractivity contribution in [3.05, 3.63) is 35.9 Å². The number of esters is 3. The maximum atomic E-state index is 14.2. The summed E-state index contributed by atoms with van der Waals surface area (Å²) in [4.78, 5) is 37.9. The van der Waals surface area contributed by atoms with Gasteiger partial charge in [0, 0.05) is 18.7 Å². The minimum Gasteiger partial charge on any atom is -0.466 e. The molecule has 1 rings (SSSR count). The lowest BCUT2D eigenvalue weighted by molar-refractivity contribution is -0.149. The molecule has 1 aromatic rings. The first-order valence-electron chi connectivity index (χ1n) is 13.7. The van der Waals surface area contributed by atoms with Crippen molar-refractivity contribution in [3.8, 4) is 0 Å². The largest absolute Gasteiger partial charge is 0.466 e. The Labute approximate surface area is 228 Å². The zero-order chi connectivity index (χ0) is 28.6. The summed E-state index contributed by atoms with van der Waals surface area (Å²) in [5.41, 5.74) is 0.0711. The van der Waals surface area contributed by atoms with Gasteiger partial charge in [0.15, 0.2) is 0 Å². The van der Waals surface area contributed by atoms with Gasteiger partial charge in [0.25, 0.3) is 0 Å². The molecule has 0 bridgehead atoms. The minimum atomic E-state index is -3.54. The first-order valence-corrected chi connectivity index (χ1v) is 15.7. The summed E-state index contributed by atoms with van der Waals surface area (Å²) in [6.07, 6.45) is 3.14. The quantitative estimate of drug-likeness (QED) is 0.0871. The molecule has 0 saturated carbocycles. The highest BCUT2D eigenvalue weighted by atomic mass is 31.2. The molecule has 216 valence electrons. The van der Waals surface area contributed by atoms with E-state index in [-0.39, 0.29) is 38.4 Å². The van der Waals surface area contributed by atoms with Crippen molar-refractivity contribution in [3.63, 3.8) is 0 Å². The molecule has 0 aliphatic rings. The average molecular weight is 555 g/mol. The molecule has 3 atom stereocenters. The van der Waals surface area contributed by atoms with E-state index in [4.69, 9.17) is 18.7 Å². The van der Waals surface area contributed by atoms with Gasteiger partial charge < -0.3 is 18.7 Å². The minimum absolute atomic E-state index is 0.00144. The van der Waals surface area contributed by atoms with E-state index >= 15 is 0 Å². The van der Waals surface area contributed by atoms with Gasteiger partial charge in [-0.15, -0.1) is 0 Å². The van der Waals surface area contributed by atoms with Crippen LogP contribution < -0.4 is 0 Å². The van der Waals surface area contributed by atoms with Gasteiger partial charge in [0.2, 0.25) is 7.37 Å². The van der Waals surface area contributed by atoms with Crippen LogP contribution in [0.2, 0.25) is 0 Å². The Morgan fingerprint density at radius 3 is 2.05 bits per heavy atom. The summed E-state index contributed by atoms with van der Waals surface area (Å²) in [5, 5.41) is 0. The maximum absolute atomic E-state index is 14.2. The first-order chi connectivity index (χ1) is 17.9. The monoisotopic (exact) mass is 554 g/mol. The topological polar surface area (TPSA) is 105 Å². The predicted octanol–water partition coefficient (Wildman–Crippen LogP) is 6.54. The number of unbranched alkanes of at least 4 members (excludes halogenated alkanes) is 2. The molecular weight excluding hydrogens is 507 g/mol. The summed E-state index contributed by atoms with van der Waals surface area (Å²) in [7, 11) is -3.54. The Bertz CT molecular complexity index is 894. The van der Waals surface area contributed by atoms with Gasteiger partial charge in [0.05, 0.1) is 30.7 Å². The van der Waals surface area contributed by atoms with Gasteiger partial charge in [-0.3, -0.25) is 18.9 Å². The van der Waals surface area contributed by atoms with E-state index < -0.39 is 42.7 Å². The highest BCUT2D eigenvalue weighted by molar-refractivity contribution is 7.59. The SMILES string of the molecule is CCCCOC(=O)CCC(CP(=O)(CC(C)C(=O)OCc1ccccc1)OC(C)(C)C)C(=O)OCCCC. The highest BCUT2D eigenvalue weighted by Crippen LogP contribution is 2.54. The predicted molar refractivity (Wildman–Crippen MR) is 148 cm³/mol. The van der Waals surface area contributed by atoms with E-state index in [0.29, 0.717) is 13.0 Å². The molecule has 0 saturated heterocycles. The van der Waals surface area contributed by atoms with Gasteiger partial charge in [-0.25, -0.2) is 0 Å². The lowest BCUT2D eigenvalue weighted by atomic mass is 10.1. The number of hydrogen-bond acceptors (Lipinski definition) is 8. The molecule has 0 radical (unpaired) electrons. The summed E-state index contributed by atoms with van der Waals surface area (Å²) in [6.45, 7) is 11.6. The Balaban J connectivity index is 2.98. The van der Waals surface area contributed by atoms with Crippen molar-refractivity contribution in [2.24, 2.45) is 11.8 Å². The van der Waals surface area contributed by atoms with Crippen LogP contribution in [0.5, 0.6) is 0 Å². The lowest BCUT2D eigenvalue weighted by Crippen LogP contribution is -2.29. The van der Waals surface area contributed by atoms with Crippen molar-refractivity contribution in [1.82, 2.24) is 0 Å². The zero-order valence-electron chi connectivity index (χ0n) is 24.0. The van der Waals surface area contributed by atoms with E-state index in [1.54, 1.807) is 27.7 Å². The first kappa shape index (κ1) is 33.8. The van der Waals surface area contributed by atoms with Gasteiger partial charge in [-0.2, -0.15) is 0 Å². The molecule has 9 heteroatoms. The van der Waals surface area contributed by atoms with Gasteiger partial charge in [-0.05, 0) is 45.6 Å². The van der Waals surface area contributed by atoms with Crippen LogP contribution in [0, 0.1) is 11.8 Å². The second kappa shape index (κ2) is 17.4. The zero-order valence-corrected chi connectivity index (χ0v) is 24.9. The molecule has 0 aliphatic heterocycles. The fourth-order valence-corrected chi connectivity index (χ4v) is 7.04. The average Bonchev–Trinajstić information content (AvgIpc) is 2.84. The van der Waals surface area contributed by atoms with Crippen LogP contribution in [0.25, 0.3) is 0 Å². The number of rotatable bonds is 18. The van der Waals surface area contributed by atoms with Crippen LogP contribution in [0.4, 0.5) is 0 Å². The molecule has 0 fully saturated rings. The molecule has 8 nitrogen and oxygen atoms in total. The molecule has 0 aliphatic carbocycles. The lowest BCUT2D eigenvalue weighted by Gasteiger charge is -2.31. The molecule has 38 heavy (non-hydrogen) atoms. The standard InChI is InChI=1S/C29H47O8P/c1-7-9-18-34-26(30)17-16-25(28(32)35-19-10-8-2)22-38(33,37-29(4,5)6)21-23(3)27(31)36-20-24-14-12-11-13-15-24/h11-15,23,25H,7-10,16-22H2,1-6H3. The van der Waals surface area contributed by atoms with E-state index in [2.05, 4.69) is 0 Å². The third-order valence-electron chi connectivity index (χ3n) is 5.65. The normalized spacial score (nSPS) is 14.7. The van der Waals surface area contributed by atoms with Gasteiger partial charge >= 0.3 is 17.9 Å². The molecule has 0 spiro atoms. The van der Waals surface area contributed by atoms with Crippen molar-refractivity contribution in [1.29, 1.82) is 0 Å². The van der Waals surface area contributed by atoms with E-state index in [0.717, 1.165) is 24.8 Å². The van der Waals surface area contributed by atoms with Crippen molar-refractivity contribution in [2.45, 2.75) is 92.3 Å².